The predicted molar refractivity (Wildman–Crippen MR) is 27.0 cm³/mol. The van der Waals surface area contributed by atoms with Crippen LogP contribution in [0.1, 0.15) is 0 Å². The fourth-order valence-corrected chi connectivity index (χ4v) is 0. The van der Waals surface area contributed by atoms with Crippen LogP contribution in [-0.4, -0.2) is 97.0 Å². The standard InChI is InChI=1S/Ga.Hg.In.K.7H. The summed E-state index contributed by atoms with van der Waals surface area (Å²) in [4.78, 5) is 0. The fourth-order valence-electron chi connectivity index (χ4n) is 0. The molecule has 0 fully saturated rings. The van der Waals surface area contributed by atoms with Gasteiger partial charge in [0.15, 0.2) is 0 Å². The van der Waals surface area contributed by atoms with Crippen LogP contribution in [0, 0.1) is 0 Å². The molecule has 0 aromatic rings. The molecular formula is H7GaHgInK. The molecule has 0 amide bonds. The van der Waals surface area contributed by atoms with Gasteiger partial charge in [-0.05, 0) is 0 Å². The van der Waals surface area contributed by atoms with Crippen molar-refractivity contribution in [2.45, 2.75) is 0 Å². The maximum absolute atomic E-state index is 0. The summed E-state index contributed by atoms with van der Waals surface area (Å²) in [5.41, 5.74) is 0. The van der Waals surface area contributed by atoms with Crippen molar-refractivity contribution >= 4 is 97.0 Å². The molecule has 0 rings (SSSR count). The van der Waals surface area contributed by atoms with Gasteiger partial charge in [-0.15, -0.1) is 0 Å². The molecule has 0 N–H and O–H groups in total. The Bertz CT molecular complexity index is 8.00. The minimum absolute atomic E-state index is 0. The Morgan fingerprint density at radius 2 is 1.00 bits per heavy atom. The molecule has 0 saturated heterocycles. The van der Waals surface area contributed by atoms with Crippen LogP contribution in [0.5, 0.6) is 0 Å². The van der Waals surface area contributed by atoms with Crippen LogP contribution < -0.4 is 0 Å². The molecule has 0 aromatic carbocycles. The molecule has 4 heteroatoms. The van der Waals surface area contributed by atoms with Gasteiger partial charge < -0.3 is 0 Å². The molecular weight excluding hydrogens is 424 g/mol. The zero-order valence-corrected chi connectivity index (χ0v) is 6.20. The van der Waals surface area contributed by atoms with Crippen LogP contribution in [0.4, 0.5) is 0 Å². The Balaban J connectivity index is 0. The van der Waals surface area contributed by atoms with Crippen LogP contribution in [0.3, 0.4) is 0 Å². The third-order valence-corrected chi connectivity index (χ3v) is 0. The van der Waals surface area contributed by atoms with Gasteiger partial charge in [0.2, 0.25) is 0 Å². The summed E-state index contributed by atoms with van der Waals surface area (Å²) < 4.78 is 0. The van der Waals surface area contributed by atoms with Gasteiger partial charge in [0, 0.05) is 27.7 Å². The maximum atomic E-state index is 0. The topological polar surface area (TPSA) is 0 Å². The van der Waals surface area contributed by atoms with Gasteiger partial charge in [0.05, 0.1) is 0 Å². The minimum atomic E-state index is 0. The molecule has 0 radical (unpaired) electrons. The van der Waals surface area contributed by atoms with Gasteiger partial charge in [0.1, 0.15) is 0 Å². The molecule has 0 unspecified atom stereocenters. The first-order chi connectivity index (χ1) is 0. The van der Waals surface area contributed by atoms with Gasteiger partial charge in [-0.25, -0.2) is 0 Å². The Kier molecular flexibility index (Phi) is 95.7. The van der Waals surface area contributed by atoms with Crippen LogP contribution in [0.25, 0.3) is 0 Å². The van der Waals surface area contributed by atoms with E-state index in [9.17, 15) is 0 Å². The Labute approximate surface area is 121 Å². The van der Waals surface area contributed by atoms with E-state index in [2.05, 4.69) is 0 Å². The number of rotatable bonds is 0. The van der Waals surface area contributed by atoms with E-state index in [1.165, 1.54) is 0 Å². The third-order valence-electron chi connectivity index (χ3n) is 0. The normalized spacial score (nSPS) is 0. The van der Waals surface area contributed by atoms with E-state index in [4.69, 9.17) is 0 Å². The van der Waals surface area contributed by atoms with Gasteiger partial charge >= 0.3 is 97.0 Å². The Morgan fingerprint density at radius 3 is 1.00 bits per heavy atom. The first-order valence-corrected chi connectivity index (χ1v) is 0. The van der Waals surface area contributed by atoms with Gasteiger partial charge in [-0.3, -0.25) is 0 Å². The van der Waals surface area contributed by atoms with Crippen molar-refractivity contribution in [1.29, 1.82) is 0 Å². The summed E-state index contributed by atoms with van der Waals surface area (Å²) in [6.45, 7) is 0. The summed E-state index contributed by atoms with van der Waals surface area (Å²) in [5.74, 6) is 0. The van der Waals surface area contributed by atoms with E-state index in [0.29, 0.717) is 0 Å². The Hall–Kier alpha value is 4.08. The zero-order chi connectivity index (χ0) is 0. The second-order valence-corrected chi connectivity index (χ2v) is 0. The van der Waals surface area contributed by atoms with E-state index < -0.39 is 0 Å². The molecule has 0 spiro atoms. The molecule has 0 saturated carbocycles. The Morgan fingerprint density at radius 1 is 1.00 bits per heavy atom. The van der Waals surface area contributed by atoms with Gasteiger partial charge in [-0.1, -0.05) is 0 Å². The third kappa shape index (κ3) is 9.42. The van der Waals surface area contributed by atoms with Crippen molar-refractivity contribution < 1.29 is 27.7 Å². The van der Waals surface area contributed by atoms with Crippen molar-refractivity contribution in [2.75, 3.05) is 0 Å². The molecule has 0 heterocycles. The summed E-state index contributed by atoms with van der Waals surface area (Å²) >= 11 is 0. The van der Waals surface area contributed by atoms with E-state index in [-0.39, 0.29) is 125 Å². The number of hydrogen-bond acceptors (Lipinski definition) is 0. The van der Waals surface area contributed by atoms with Crippen LogP contribution in [-0.2, 0) is 27.7 Å². The monoisotopic (exact) mass is 432 g/mol. The van der Waals surface area contributed by atoms with Crippen LogP contribution >= 0.6 is 0 Å². The van der Waals surface area contributed by atoms with E-state index in [1.54, 1.807) is 0 Å². The SMILES string of the molecule is [GaH3].[Hg].[InH3].[KH]. The second kappa shape index (κ2) is 15.7. The molecule has 0 bridgehead atoms. The van der Waals surface area contributed by atoms with Gasteiger partial charge in [-0.2, -0.15) is 0 Å². The zero-order valence-electron chi connectivity index (χ0n) is 0.707. The first kappa shape index (κ1) is 24.3. The van der Waals surface area contributed by atoms with Crippen molar-refractivity contribution in [3.8, 4) is 0 Å². The second-order valence-electron chi connectivity index (χ2n) is 0. The van der Waals surface area contributed by atoms with Crippen LogP contribution in [0.2, 0.25) is 0 Å². The van der Waals surface area contributed by atoms with Crippen molar-refractivity contribution in [3.05, 3.63) is 0 Å². The molecule has 0 aliphatic carbocycles. The molecule has 0 aromatic heterocycles. The van der Waals surface area contributed by atoms with Crippen molar-refractivity contribution in [1.82, 2.24) is 0 Å². The molecule has 0 nitrogen and oxygen atoms in total. The quantitative estimate of drug-likeness (QED) is 0.359. The van der Waals surface area contributed by atoms with Gasteiger partial charge in [0.25, 0.3) is 0 Å². The van der Waals surface area contributed by atoms with Crippen molar-refractivity contribution in [3.63, 3.8) is 0 Å². The average Bonchev–Trinajstić information content (AvgIpc) is 0. The molecule has 0 atom stereocenters. The molecule has 0 aliphatic heterocycles. The molecule has 16 valence electrons. The van der Waals surface area contributed by atoms with E-state index >= 15 is 0 Å². The van der Waals surface area contributed by atoms with Crippen molar-refractivity contribution in [2.24, 2.45) is 0 Å². The van der Waals surface area contributed by atoms with E-state index in [1.807, 2.05) is 0 Å². The summed E-state index contributed by atoms with van der Waals surface area (Å²) in [5, 5.41) is 0. The summed E-state index contributed by atoms with van der Waals surface area (Å²) in [6, 6.07) is 0. The predicted octanol–water partition coefficient (Wildman–Crippen LogP) is -3.02. The molecule has 0 aliphatic rings. The van der Waals surface area contributed by atoms with Crippen LogP contribution in [0.15, 0.2) is 0 Å². The molecule has 4 heavy (non-hydrogen) atoms. The summed E-state index contributed by atoms with van der Waals surface area (Å²) in [6.07, 6.45) is 0. The average molecular weight is 431 g/mol. The number of hydrogen-bond donors (Lipinski definition) is 0. The van der Waals surface area contributed by atoms with E-state index in [0.717, 1.165) is 0 Å². The summed E-state index contributed by atoms with van der Waals surface area (Å²) in [7, 11) is 0. The fraction of sp³-hybridized carbons (Fsp3) is 0. The first-order valence-electron chi connectivity index (χ1n) is 0.